The number of thioether (sulfide) groups is 1. The zero-order chi connectivity index (χ0) is 14.5. The molecule has 1 N–H and O–H groups in total. The third-order valence-electron chi connectivity index (χ3n) is 3.79. The molecule has 3 unspecified atom stereocenters. The summed E-state index contributed by atoms with van der Waals surface area (Å²) in [4.78, 5) is 12.0. The maximum atomic E-state index is 12.0. The molecule has 0 heterocycles. The minimum absolute atomic E-state index is 0.129. The van der Waals surface area contributed by atoms with Crippen LogP contribution >= 0.6 is 11.8 Å². The SMILES string of the molecule is CCC(C)CSC(C)CC(C)(NC1CC1)C(=O)OC. The lowest BCUT2D eigenvalue weighted by Crippen LogP contribution is -2.52. The molecule has 19 heavy (non-hydrogen) atoms. The minimum Gasteiger partial charge on any atom is -0.468 e. The van der Waals surface area contributed by atoms with Gasteiger partial charge in [-0.15, -0.1) is 0 Å². The second kappa shape index (κ2) is 7.53. The van der Waals surface area contributed by atoms with Crippen molar-refractivity contribution in [1.82, 2.24) is 5.32 Å². The van der Waals surface area contributed by atoms with E-state index >= 15 is 0 Å². The van der Waals surface area contributed by atoms with Crippen molar-refractivity contribution in [2.45, 2.75) is 70.2 Å². The first kappa shape index (κ1) is 16.8. The number of methoxy groups -OCH3 is 1. The lowest BCUT2D eigenvalue weighted by molar-refractivity contribution is -0.148. The Balaban J connectivity index is 2.48. The van der Waals surface area contributed by atoms with Crippen LogP contribution in [0.15, 0.2) is 0 Å². The van der Waals surface area contributed by atoms with Crippen LogP contribution in [0.5, 0.6) is 0 Å². The Kier molecular flexibility index (Phi) is 6.67. The summed E-state index contributed by atoms with van der Waals surface area (Å²) in [5.41, 5.74) is -0.530. The van der Waals surface area contributed by atoms with E-state index in [2.05, 4.69) is 26.1 Å². The van der Waals surface area contributed by atoms with E-state index in [0.717, 1.165) is 12.3 Å². The van der Waals surface area contributed by atoms with Crippen LogP contribution in [0.4, 0.5) is 0 Å². The summed E-state index contributed by atoms with van der Waals surface area (Å²) in [5, 5.41) is 3.93. The molecule has 3 nitrogen and oxygen atoms in total. The highest BCUT2D eigenvalue weighted by molar-refractivity contribution is 7.99. The van der Waals surface area contributed by atoms with E-state index in [0.29, 0.717) is 11.3 Å². The van der Waals surface area contributed by atoms with Crippen molar-refractivity contribution < 1.29 is 9.53 Å². The Morgan fingerprint density at radius 1 is 1.47 bits per heavy atom. The van der Waals surface area contributed by atoms with Crippen molar-refractivity contribution in [3.8, 4) is 0 Å². The Hall–Kier alpha value is -0.220. The molecule has 0 spiro atoms. The maximum absolute atomic E-state index is 12.0. The maximum Gasteiger partial charge on any atom is 0.325 e. The molecule has 1 aliphatic rings. The fraction of sp³-hybridized carbons (Fsp3) is 0.933. The highest BCUT2D eigenvalue weighted by Crippen LogP contribution is 2.29. The summed E-state index contributed by atoms with van der Waals surface area (Å²) in [6, 6.07) is 0.510. The van der Waals surface area contributed by atoms with Crippen LogP contribution in [-0.2, 0) is 9.53 Å². The number of hydrogen-bond acceptors (Lipinski definition) is 4. The summed E-state index contributed by atoms with van der Waals surface area (Å²) in [6.45, 7) is 8.70. The van der Waals surface area contributed by atoms with Crippen LogP contribution < -0.4 is 5.32 Å². The second-order valence-corrected chi connectivity index (χ2v) is 7.58. The summed E-state index contributed by atoms with van der Waals surface area (Å²) < 4.78 is 4.98. The molecule has 1 aliphatic carbocycles. The molecule has 0 aromatic rings. The van der Waals surface area contributed by atoms with Crippen LogP contribution in [0, 0.1) is 5.92 Å². The van der Waals surface area contributed by atoms with E-state index in [4.69, 9.17) is 4.74 Å². The van der Waals surface area contributed by atoms with E-state index in [1.54, 1.807) is 0 Å². The summed E-state index contributed by atoms with van der Waals surface area (Å²) in [6.07, 6.45) is 4.41. The third kappa shape index (κ3) is 5.74. The van der Waals surface area contributed by atoms with Crippen LogP contribution in [0.3, 0.4) is 0 Å². The molecule has 0 aromatic carbocycles. The largest absolute Gasteiger partial charge is 0.468 e. The Bertz CT molecular complexity index is 294. The first-order chi connectivity index (χ1) is 8.91. The average Bonchev–Trinajstić information content (AvgIpc) is 3.18. The van der Waals surface area contributed by atoms with Gasteiger partial charge in [-0.3, -0.25) is 10.1 Å². The predicted octanol–water partition coefficient (Wildman–Crippen LogP) is 3.23. The Morgan fingerprint density at radius 3 is 2.58 bits per heavy atom. The molecule has 0 amide bonds. The fourth-order valence-electron chi connectivity index (χ4n) is 2.18. The molecular formula is C15H29NO2S. The molecular weight excluding hydrogens is 258 g/mol. The molecule has 1 fully saturated rings. The molecule has 112 valence electrons. The number of esters is 1. The summed E-state index contributed by atoms with van der Waals surface area (Å²) in [7, 11) is 1.48. The minimum atomic E-state index is -0.530. The van der Waals surface area contributed by atoms with Gasteiger partial charge in [0, 0.05) is 11.3 Å². The van der Waals surface area contributed by atoms with E-state index < -0.39 is 5.54 Å². The number of carbonyl (C=O) groups excluding carboxylic acids is 1. The summed E-state index contributed by atoms with van der Waals surface area (Å²) >= 11 is 1.96. The number of nitrogens with one attached hydrogen (secondary N) is 1. The van der Waals surface area contributed by atoms with Crippen molar-refractivity contribution in [2.24, 2.45) is 5.92 Å². The van der Waals surface area contributed by atoms with Gasteiger partial charge in [0.05, 0.1) is 7.11 Å². The third-order valence-corrected chi connectivity index (χ3v) is 5.29. The van der Waals surface area contributed by atoms with Gasteiger partial charge < -0.3 is 4.74 Å². The number of carbonyl (C=O) groups is 1. The van der Waals surface area contributed by atoms with Gasteiger partial charge in [0.25, 0.3) is 0 Å². The van der Waals surface area contributed by atoms with Gasteiger partial charge in [-0.25, -0.2) is 0 Å². The number of hydrogen-bond donors (Lipinski definition) is 1. The summed E-state index contributed by atoms with van der Waals surface area (Å²) in [5.74, 6) is 1.78. The van der Waals surface area contributed by atoms with E-state index in [9.17, 15) is 4.79 Å². The molecule has 0 aromatic heterocycles. The van der Waals surface area contributed by atoms with Crippen molar-refractivity contribution in [3.63, 3.8) is 0 Å². The number of ether oxygens (including phenoxy) is 1. The zero-order valence-electron chi connectivity index (χ0n) is 13.0. The van der Waals surface area contributed by atoms with E-state index in [1.165, 1.54) is 32.1 Å². The normalized spacial score (nSPS) is 21.5. The lowest BCUT2D eigenvalue weighted by atomic mass is 9.96. The predicted molar refractivity (Wildman–Crippen MR) is 82.6 cm³/mol. The van der Waals surface area contributed by atoms with Gasteiger partial charge in [0.2, 0.25) is 0 Å². The first-order valence-electron chi connectivity index (χ1n) is 7.39. The van der Waals surface area contributed by atoms with Gasteiger partial charge in [-0.1, -0.05) is 27.2 Å². The quantitative estimate of drug-likeness (QED) is 0.661. The van der Waals surface area contributed by atoms with Gasteiger partial charge >= 0.3 is 5.97 Å². The van der Waals surface area contributed by atoms with E-state index in [-0.39, 0.29) is 5.97 Å². The van der Waals surface area contributed by atoms with Gasteiger partial charge in [0.1, 0.15) is 5.54 Å². The first-order valence-corrected chi connectivity index (χ1v) is 8.43. The molecule has 3 atom stereocenters. The lowest BCUT2D eigenvalue weighted by Gasteiger charge is -2.31. The molecule has 0 radical (unpaired) electrons. The fourth-order valence-corrected chi connectivity index (χ4v) is 3.53. The highest BCUT2D eigenvalue weighted by Gasteiger charge is 2.40. The molecule has 1 rings (SSSR count). The average molecular weight is 287 g/mol. The second-order valence-electron chi connectivity index (χ2n) is 6.10. The van der Waals surface area contributed by atoms with Crippen molar-refractivity contribution in [1.29, 1.82) is 0 Å². The zero-order valence-corrected chi connectivity index (χ0v) is 13.8. The Morgan fingerprint density at radius 2 is 2.11 bits per heavy atom. The Labute approximate surface area is 122 Å². The smallest absolute Gasteiger partial charge is 0.325 e. The monoisotopic (exact) mass is 287 g/mol. The molecule has 0 saturated heterocycles. The van der Waals surface area contributed by atoms with Gasteiger partial charge in [-0.05, 0) is 37.9 Å². The van der Waals surface area contributed by atoms with Crippen molar-refractivity contribution in [2.75, 3.05) is 12.9 Å². The van der Waals surface area contributed by atoms with Crippen molar-refractivity contribution in [3.05, 3.63) is 0 Å². The van der Waals surface area contributed by atoms with Crippen LogP contribution in [-0.4, -0.2) is 35.7 Å². The van der Waals surface area contributed by atoms with Crippen molar-refractivity contribution >= 4 is 17.7 Å². The van der Waals surface area contributed by atoms with Crippen LogP contribution in [0.25, 0.3) is 0 Å². The van der Waals surface area contributed by atoms with Crippen LogP contribution in [0.2, 0.25) is 0 Å². The highest BCUT2D eigenvalue weighted by atomic mass is 32.2. The van der Waals surface area contributed by atoms with Gasteiger partial charge in [0.15, 0.2) is 0 Å². The molecule has 4 heteroatoms. The standard InChI is InChI=1S/C15H29NO2S/c1-6-11(2)10-19-12(3)9-15(4,14(17)18-5)16-13-7-8-13/h11-13,16H,6-10H2,1-5H3. The van der Waals surface area contributed by atoms with Crippen LogP contribution in [0.1, 0.15) is 53.4 Å². The molecule has 1 saturated carbocycles. The topological polar surface area (TPSA) is 38.3 Å². The molecule has 0 bridgehead atoms. The van der Waals surface area contributed by atoms with Gasteiger partial charge in [-0.2, -0.15) is 11.8 Å². The molecule has 0 aliphatic heterocycles. The number of rotatable bonds is 9. The van der Waals surface area contributed by atoms with E-state index in [1.807, 2.05) is 18.7 Å².